The van der Waals surface area contributed by atoms with Crippen LogP contribution in [0, 0.1) is 11.8 Å². The summed E-state index contributed by atoms with van der Waals surface area (Å²) in [6.07, 6.45) is 10.0. The van der Waals surface area contributed by atoms with Gasteiger partial charge >= 0.3 is 0 Å². The van der Waals surface area contributed by atoms with Crippen LogP contribution < -0.4 is 4.57 Å². The molecule has 4 atom stereocenters. The molecule has 2 saturated carbocycles. The molecule has 13 heteroatoms. The molecule has 3 aliphatic rings. The van der Waals surface area contributed by atoms with Crippen molar-refractivity contribution < 1.29 is 30.5 Å². The van der Waals surface area contributed by atoms with Crippen molar-refractivity contribution in [2.75, 3.05) is 18.1 Å². The van der Waals surface area contributed by atoms with Crippen molar-refractivity contribution >= 4 is 71.2 Å². The number of rotatable bonds is 9. The number of thiazole rings is 1. The third kappa shape index (κ3) is 6.70. The summed E-state index contributed by atoms with van der Waals surface area (Å²) in [5, 5.41) is 3.04. The summed E-state index contributed by atoms with van der Waals surface area (Å²) in [4.78, 5) is 2.38. The highest BCUT2D eigenvalue weighted by atomic mass is 35.5. The van der Waals surface area contributed by atoms with Gasteiger partial charge in [-0.05, 0) is 49.7 Å². The summed E-state index contributed by atoms with van der Waals surface area (Å²) in [6.45, 7) is 0.917. The van der Waals surface area contributed by atoms with E-state index in [-0.39, 0.29) is 12.2 Å². The molecule has 4 unspecified atom stereocenters. The lowest BCUT2D eigenvalue weighted by atomic mass is 9.68. The zero-order valence-electron chi connectivity index (χ0n) is 21.0. The van der Waals surface area contributed by atoms with E-state index in [1.807, 2.05) is 34.5 Å². The Bertz CT molecular complexity index is 1420. The van der Waals surface area contributed by atoms with Gasteiger partial charge in [-0.15, -0.1) is 11.8 Å². The van der Waals surface area contributed by atoms with Gasteiger partial charge in [-0.3, -0.25) is 4.55 Å². The summed E-state index contributed by atoms with van der Waals surface area (Å²) in [5.41, 5.74) is 0.892. The highest BCUT2D eigenvalue weighted by molar-refractivity contribution is 8.04. The molecular weight excluding hydrogens is 588 g/mol. The minimum Gasteiger partial charge on any atom is -0.748 e. The second-order valence-electron chi connectivity index (χ2n) is 10.6. The molecule has 1 N–H and O–H groups in total. The molecule has 0 spiro atoms. The molecule has 1 aliphatic heterocycles. The lowest BCUT2D eigenvalue weighted by Crippen LogP contribution is -2.48. The quantitative estimate of drug-likeness (QED) is 0.315. The first-order chi connectivity index (χ1) is 18.0. The number of hydrogen-bond acceptors (Lipinski definition) is 8. The van der Waals surface area contributed by atoms with Crippen molar-refractivity contribution in [3.05, 3.63) is 33.3 Å². The largest absolute Gasteiger partial charge is 0.748 e. The number of halogens is 1. The standard InChI is InChI=1S/C25H33ClN2O6S4/c26-18-8-10-21-20(15-18)27(11-3-13-37(29,30)31)23(35-21)16-24-28(12-4-14-38(32,33)34)25-19-6-2-1-5-17(19)7-9-22(25)36-24/h8,10,15-17,19,22,25H,1-7,9,11-14H2,(H-,29,30,31,32,33,34). The predicted molar refractivity (Wildman–Crippen MR) is 152 cm³/mol. The van der Waals surface area contributed by atoms with Gasteiger partial charge in [0, 0.05) is 41.1 Å². The normalized spacial score (nSPS) is 27.1. The number of aryl methyl sites for hydroxylation is 1. The van der Waals surface area contributed by atoms with Crippen LogP contribution in [0.25, 0.3) is 16.3 Å². The molecule has 8 nitrogen and oxygen atoms in total. The molecule has 0 amide bonds. The number of benzene rings is 1. The van der Waals surface area contributed by atoms with E-state index in [4.69, 9.17) is 11.6 Å². The molecule has 210 valence electrons. The Kier molecular flexibility index (Phi) is 8.69. The molecule has 1 aromatic heterocycles. The minimum absolute atomic E-state index is 0.200. The summed E-state index contributed by atoms with van der Waals surface area (Å²) in [7, 11) is -8.35. The van der Waals surface area contributed by atoms with Gasteiger partial charge in [0.2, 0.25) is 5.52 Å². The van der Waals surface area contributed by atoms with Crippen LogP contribution in [0.5, 0.6) is 0 Å². The molecule has 0 radical (unpaired) electrons. The Morgan fingerprint density at radius 1 is 1.11 bits per heavy atom. The maximum absolute atomic E-state index is 11.5. The smallest absolute Gasteiger partial charge is 0.265 e. The molecule has 0 bridgehead atoms. The van der Waals surface area contributed by atoms with Crippen LogP contribution in [0.2, 0.25) is 5.02 Å². The Morgan fingerprint density at radius 3 is 2.66 bits per heavy atom. The molecule has 2 aliphatic carbocycles. The maximum Gasteiger partial charge on any atom is 0.265 e. The first-order valence-corrected chi connectivity index (χ1v) is 18.4. The number of hydrogen-bond donors (Lipinski definition) is 1. The van der Waals surface area contributed by atoms with Crippen molar-refractivity contribution in [3.63, 3.8) is 0 Å². The van der Waals surface area contributed by atoms with Gasteiger partial charge in [-0.2, -0.15) is 13.0 Å². The van der Waals surface area contributed by atoms with Crippen LogP contribution in [0.15, 0.2) is 23.2 Å². The van der Waals surface area contributed by atoms with E-state index in [1.54, 1.807) is 11.3 Å². The van der Waals surface area contributed by atoms with Crippen molar-refractivity contribution in [1.29, 1.82) is 0 Å². The minimum atomic E-state index is -4.31. The second-order valence-corrected chi connectivity index (χ2v) is 16.4. The molecular formula is C25H33ClN2O6S4. The molecule has 1 saturated heterocycles. The Hall–Kier alpha value is -0.890. The summed E-state index contributed by atoms with van der Waals surface area (Å²) >= 11 is 9.74. The highest BCUT2D eigenvalue weighted by Crippen LogP contribution is 2.53. The number of nitrogens with zero attached hydrogens (tertiary/aromatic N) is 2. The van der Waals surface area contributed by atoms with Crippen molar-refractivity contribution in [3.8, 4) is 0 Å². The van der Waals surface area contributed by atoms with Crippen LogP contribution in [0.1, 0.15) is 56.4 Å². The van der Waals surface area contributed by atoms with E-state index < -0.39 is 26.0 Å². The van der Waals surface area contributed by atoms with Crippen LogP contribution >= 0.6 is 34.7 Å². The zero-order valence-corrected chi connectivity index (χ0v) is 25.0. The molecule has 2 heterocycles. The topological polar surface area (TPSA) is 119 Å². The van der Waals surface area contributed by atoms with E-state index >= 15 is 0 Å². The summed E-state index contributed by atoms with van der Waals surface area (Å²) < 4.78 is 69.1. The molecule has 1 aromatic carbocycles. The second kappa shape index (κ2) is 11.5. The maximum atomic E-state index is 11.5. The fourth-order valence-electron chi connectivity index (χ4n) is 6.51. The number of thioether (sulfide) groups is 1. The van der Waals surface area contributed by atoms with E-state index in [2.05, 4.69) is 11.0 Å². The third-order valence-corrected chi connectivity index (χ3v) is 12.4. The SMILES string of the molecule is O=S(=O)([O-])CCC[n+]1c(C=C2SC3CCC4CCCCC4C3N2CCCS(=O)(=O)O)sc2ccc(Cl)cc21. The average molecular weight is 621 g/mol. The molecule has 3 fully saturated rings. The average Bonchev–Trinajstić information content (AvgIpc) is 3.35. The van der Waals surface area contributed by atoms with E-state index in [0.717, 1.165) is 26.7 Å². The molecule has 2 aromatic rings. The van der Waals surface area contributed by atoms with Crippen LogP contribution in [0.4, 0.5) is 0 Å². The molecule has 5 rings (SSSR count). The number of fused-ring (bicyclic) bond motifs is 4. The summed E-state index contributed by atoms with van der Waals surface area (Å²) in [5.74, 6) is 0.594. The van der Waals surface area contributed by atoms with E-state index in [9.17, 15) is 25.9 Å². The Labute approximate surface area is 237 Å². The van der Waals surface area contributed by atoms with Crippen LogP contribution in [0.3, 0.4) is 0 Å². The van der Waals surface area contributed by atoms with Crippen LogP contribution in [-0.4, -0.2) is 60.2 Å². The summed E-state index contributed by atoms with van der Waals surface area (Å²) in [6, 6.07) is 5.98. The third-order valence-electron chi connectivity index (χ3n) is 8.04. The van der Waals surface area contributed by atoms with E-state index in [0.29, 0.717) is 47.7 Å². The first kappa shape index (κ1) is 28.6. The molecule has 38 heavy (non-hydrogen) atoms. The van der Waals surface area contributed by atoms with Crippen molar-refractivity contribution in [1.82, 2.24) is 4.90 Å². The lowest BCUT2D eigenvalue weighted by molar-refractivity contribution is -0.668. The van der Waals surface area contributed by atoms with E-state index in [1.165, 1.54) is 32.1 Å². The fraction of sp³-hybridized carbons (Fsp3) is 0.640. The Morgan fingerprint density at radius 2 is 1.89 bits per heavy atom. The van der Waals surface area contributed by atoms with Gasteiger partial charge in [0.25, 0.3) is 15.1 Å². The monoisotopic (exact) mass is 620 g/mol. The van der Waals surface area contributed by atoms with Gasteiger partial charge in [0.1, 0.15) is 4.70 Å². The van der Waals surface area contributed by atoms with Crippen molar-refractivity contribution in [2.24, 2.45) is 11.8 Å². The highest BCUT2D eigenvalue weighted by Gasteiger charge is 2.48. The Balaban J connectivity index is 1.50. The van der Waals surface area contributed by atoms with Gasteiger partial charge in [-0.25, -0.2) is 8.42 Å². The van der Waals surface area contributed by atoms with Crippen LogP contribution in [-0.2, 0) is 26.8 Å². The fourth-order valence-corrected chi connectivity index (χ4v) is 10.4. The van der Waals surface area contributed by atoms with Crippen molar-refractivity contribution in [2.45, 2.75) is 69.2 Å². The van der Waals surface area contributed by atoms with Gasteiger partial charge in [0.05, 0.1) is 27.0 Å². The van der Waals surface area contributed by atoms with Gasteiger partial charge in [0.15, 0.2) is 6.54 Å². The van der Waals surface area contributed by atoms with Gasteiger partial charge in [-0.1, -0.05) is 42.2 Å². The number of aromatic nitrogens is 1. The van der Waals surface area contributed by atoms with Gasteiger partial charge < -0.3 is 9.45 Å². The zero-order chi connectivity index (χ0) is 27.1. The predicted octanol–water partition coefficient (Wildman–Crippen LogP) is 4.74. The lowest BCUT2D eigenvalue weighted by Gasteiger charge is -2.45. The first-order valence-electron chi connectivity index (χ1n) is 13.1.